The number of rotatable bonds is 4. The van der Waals surface area contributed by atoms with E-state index in [1.165, 1.54) is 70.6 Å². The summed E-state index contributed by atoms with van der Waals surface area (Å²) in [6.45, 7) is 12.8. The van der Waals surface area contributed by atoms with Crippen molar-refractivity contribution in [1.29, 1.82) is 0 Å². The normalized spacial score (nSPS) is 49.0. The first-order valence-electron chi connectivity index (χ1n) is 12.1. The molecule has 0 heterocycles. The summed E-state index contributed by atoms with van der Waals surface area (Å²) in [7, 11) is 0. The topological polar surface area (TPSA) is 0 Å². The molecule has 0 nitrogen and oxygen atoms in total. The van der Waals surface area contributed by atoms with E-state index in [2.05, 4.69) is 40.7 Å². The van der Waals surface area contributed by atoms with E-state index in [9.17, 15) is 0 Å². The van der Waals surface area contributed by atoms with Crippen LogP contribution in [0, 0.1) is 46.3 Å². The second-order valence-electron chi connectivity index (χ2n) is 11.5. The first-order valence-corrected chi connectivity index (χ1v) is 12.1. The van der Waals surface area contributed by atoms with Crippen LogP contribution in [0.25, 0.3) is 0 Å². The molecule has 148 valence electrons. The zero-order chi connectivity index (χ0) is 18.5. The Hall–Kier alpha value is -0.260. The lowest BCUT2D eigenvalue weighted by Crippen LogP contribution is -2.50. The second-order valence-corrected chi connectivity index (χ2v) is 11.5. The lowest BCUT2D eigenvalue weighted by atomic mass is 9.46. The summed E-state index contributed by atoms with van der Waals surface area (Å²) in [6, 6.07) is 0. The van der Waals surface area contributed by atoms with Crippen molar-refractivity contribution in [3.8, 4) is 0 Å². The average Bonchev–Trinajstić information content (AvgIpc) is 2.97. The minimum Gasteiger partial charge on any atom is -0.0845 e. The summed E-state index contributed by atoms with van der Waals surface area (Å²) < 4.78 is 0. The Labute approximate surface area is 163 Å². The molecule has 0 unspecified atom stereocenters. The molecular formula is C26H44. The van der Waals surface area contributed by atoms with Gasteiger partial charge in [0.2, 0.25) is 0 Å². The molecule has 0 heteroatoms. The van der Waals surface area contributed by atoms with Gasteiger partial charge in [-0.1, -0.05) is 65.5 Å². The summed E-state index contributed by atoms with van der Waals surface area (Å²) in [5, 5.41) is 0. The molecule has 0 amide bonds. The van der Waals surface area contributed by atoms with E-state index >= 15 is 0 Å². The Morgan fingerprint density at radius 3 is 2.65 bits per heavy atom. The maximum atomic E-state index is 2.75. The van der Waals surface area contributed by atoms with Crippen molar-refractivity contribution < 1.29 is 0 Å². The van der Waals surface area contributed by atoms with Crippen LogP contribution in [-0.2, 0) is 0 Å². The van der Waals surface area contributed by atoms with Crippen molar-refractivity contribution in [2.45, 2.75) is 105 Å². The predicted molar refractivity (Wildman–Crippen MR) is 113 cm³/mol. The molecule has 4 rings (SSSR count). The fourth-order valence-corrected chi connectivity index (χ4v) is 8.55. The number of hydrogen-bond acceptors (Lipinski definition) is 0. The average molecular weight is 357 g/mol. The second kappa shape index (κ2) is 6.97. The highest BCUT2D eigenvalue weighted by atomic mass is 14.6. The Bertz CT molecular complexity index is 544. The third kappa shape index (κ3) is 2.84. The van der Waals surface area contributed by atoms with Gasteiger partial charge in [-0.15, -0.1) is 0 Å². The molecule has 4 aliphatic rings. The summed E-state index contributed by atoms with van der Waals surface area (Å²) in [4.78, 5) is 0. The SMILES string of the molecule is CCCC[C@@H](C)[C@H]1CC[C@H]2[C@@H]3CC=C4C[C@@H](C)CC[C@]4(C)[C@H]3CC[C@]12C. The first-order chi connectivity index (χ1) is 12.4. The van der Waals surface area contributed by atoms with Crippen molar-refractivity contribution >= 4 is 0 Å². The zero-order valence-corrected chi connectivity index (χ0v) is 18.3. The maximum Gasteiger partial charge on any atom is -0.00851 e. The minimum absolute atomic E-state index is 0.558. The Morgan fingerprint density at radius 2 is 1.88 bits per heavy atom. The van der Waals surface area contributed by atoms with Gasteiger partial charge in [-0.25, -0.2) is 0 Å². The third-order valence-electron chi connectivity index (χ3n) is 10.1. The molecule has 4 aliphatic carbocycles. The van der Waals surface area contributed by atoms with E-state index in [1.54, 1.807) is 0 Å². The van der Waals surface area contributed by atoms with Crippen molar-refractivity contribution in [1.82, 2.24) is 0 Å². The first kappa shape index (κ1) is 19.1. The lowest BCUT2D eigenvalue weighted by molar-refractivity contribution is -0.0522. The van der Waals surface area contributed by atoms with E-state index in [0.29, 0.717) is 10.8 Å². The fraction of sp³-hybridized carbons (Fsp3) is 0.923. The highest BCUT2D eigenvalue weighted by Gasteiger charge is 2.58. The van der Waals surface area contributed by atoms with Crippen LogP contribution in [0.5, 0.6) is 0 Å². The zero-order valence-electron chi connectivity index (χ0n) is 18.3. The number of hydrogen-bond donors (Lipinski definition) is 0. The van der Waals surface area contributed by atoms with E-state index in [1.807, 2.05) is 5.57 Å². The largest absolute Gasteiger partial charge is 0.0845 e. The minimum atomic E-state index is 0.558. The summed E-state index contributed by atoms with van der Waals surface area (Å²) in [5.74, 6) is 5.89. The van der Waals surface area contributed by atoms with Crippen molar-refractivity contribution in [3.63, 3.8) is 0 Å². The van der Waals surface area contributed by atoms with Gasteiger partial charge in [0.1, 0.15) is 0 Å². The highest BCUT2D eigenvalue weighted by Crippen LogP contribution is 2.67. The molecule has 3 saturated carbocycles. The summed E-state index contributed by atoms with van der Waals surface area (Å²) in [5.41, 5.74) is 3.08. The Balaban J connectivity index is 1.56. The van der Waals surface area contributed by atoms with Crippen LogP contribution < -0.4 is 0 Å². The molecule has 0 aromatic rings. The monoisotopic (exact) mass is 356 g/mol. The van der Waals surface area contributed by atoms with Gasteiger partial charge in [0.15, 0.2) is 0 Å². The van der Waals surface area contributed by atoms with Gasteiger partial charge in [0.05, 0.1) is 0 Å². The standard InChI is InChI=1S/C26H44/c1-6-7-8-19(3)22-11-12-23-21-10-9-20-17-18(2)13-15-25(20,4)24(21)14-16-26(22,23)5/h9,18-19,21-24H,6-8,10-17H2,1-5H3/t18-,19+,21-,22+,23-,24-,25-,26+/m0/s1. The quantitative estimate of drug-likeness (QED) is 0.447. The van der Waals surface area contributed by atoms with Gasteiger partial charge < -0.3 is 0 Å². The van der Waals surface area contributed by atoms with Crippen LogP contribution in [0.1, 0.15) is 105 Å². The Kier molecular flexibility index (Phi) is 5.11. The molecule has 0 radical (unpaired) electrons. The van der Waals surface area contributed by atoms with Crippen LogP contribution >= 0.6 is 0 Å². The van der Waals surface area contributed by atoms with Crippen molar-refractivity contribution in [2.75, 3.05) is 0 Å². The van der Waals surface area contributed by atoms with Crippen LogP contribution in [0.4, 0.5) is 0 Å². The van der Waals surface area contributed by atoms with Crippen molar-refractivity contribution in [2.24, 2.45) is 46.3 Å². The molecule has 0 N–H and O–H groups in total. The number of unbranched alkanes of at least 4 members (excludes halogenated alkanes) is 1. The molecule has 0 spiro atoms. The van der Waals surface area contributed by atoms with Gasteiger partial charge in [0.25, 0.3) is 0 Å². The van der Waals surface area contributed by atoms with Gasteiger partial charge in [-0.2, -0.15) is 0 Å². The molecule has 0 aliphatic heterocycles. The van der Waals surface area contributed by atoms with E-state index < -0.39 is 0 Å². The highest BCUT2D eigenvalue weighted by molar-refractivity contribution is 5.25. The molecule has 0 bridgehead atoms. The molecule has 8 atom stereocenters. The third-order valence-corrected chi connectivity index (χ3v) is 10.1. The predicted octanol–water partition coefficient (Wildman–Crippen LogP) is 8.03. The molecular weight excluding hydrogens is 312 g/mol. The van der Waals surface area contributed by atoms with Crippen LogP contribution in [0.2, 0.25) is 0 Å². The molecule has 0 aromatic heterocycles. The van der Waals surface area contributed by atoms with Crippen LogP contribution in [-0.4, -0.2) is 0 Å². The molecule has 3 fully saturated rings. The van der Waals surface area contributed by atoms with E-state index in [0.717, 1.165) is 35.5 Å². The maximum absolute atomic E-state index is 2.75. The number of fused-ring (bicyclic) bond motifs is 5. The smallest absolute Gasteiger partial charge is 0.00851 e. The van der Waals surface area contributed by atoms with Crippen LogP contribution in [0.3, 0.4) is 0 Å². The van der Waals surface area contributed by atoms with Gasteiger partial charge in [-0.05, 0) is 97.7 Å². The molecule has 0 saturated heterocycles. The molecule has 26 heavy (non-hydrogen) atoms. The number of allylic oxidation sites excluding steroid dienone is 2. The summed E-state index contributed by atoms with van der Waals surface area (Å²) >= 11 is 0. The van der Waals surface area contributed by atoms with Gasteiger partial charge >= 0.3 is 0 Å². The van der Waals surface area contributed by atoms with Gasteiger partial charge in [0, 0.05) is 0 Å². The summed E-state index contributed by atoms with van der Waals surface area (Å²) in [6.07, 6.45) is 18.9. The lowest BCUT2D eigenvalue weighted by Gasteiger charge is -2.58. The molecule has 0 aromatic carbocycles. The van der Waals surface area contributed by atoms with E-state index in [4.69, 9.17) is 0 Å². The van der Waals surface area contributed by atoms with Gasteiger partial charge in [-0.3, -0.25) is 0 Å². The fourth-order valence-electron chi connectivity index (χ4n) is 8.55. The van der Waals surface area contributed by atoms with E-state index in [-0.39, 0.29) is 0 Å². The van der Waals surface area contributed by atoms with Crippen LogP contribution in [0.15, 0.2) is 11.6 Å². The Morgan fingerprint density at radius 1 is 1.08 bits per heavy atom. The van der Waals surface area contributed by atoms with Crippen molar-refractivity contribution in [3.05, 3.63) is 11.6 Å².